The minimum absolute atomic E-state index is 0.175. The van der Waals surface area contributed by atoms with Gasteiger partial charge in [0.15, 0.2) is 8.68 Å². The molecule has 0 radical (unpaired) electrons. The van der Waals surface area contributed by atoms with Gasteiger partial charge in [-0.15, -0.1) is 0 Å². The number of rotatable bonds is 4. The second kappa shape index (κ2) is 6.05. The van der Waals surface area contributed by atoms with Gasteiger partial charge in [0.1, 0.15) is 0 Å². The fraction of sp³-hybridized carbons (Fsp3) is 0.727. The number of halogens is 1. The van der Waals surface area contributed by atoms with E-state index in [2.05, 4.69) is 9.71 Å². The third-order valence-electron chi connectivity index (χ3n) is 3.29. The first-order valence-electron chi connectivity index (χ1n) is 6.19. The van der Waals surface area contributed by atoms with Crippen LogP contribution in [0, 0.1) is 12.8 Å². The molecular formula is C11H17ClN2O3S2. The van der Waals surface area contributed by atoms with Crippen molar-refractivity contribution in [3.8, 4) is 0 Å². The van der Waals surface area contributed by atoms with Gasteiger partial charge in [-0.2, -0.15) is 0 Å². The van der Waals surface area contributed by atoms with Crippen LogP contribution in [0.25, 0.3) is 0 Å². The topological polar surface area (TPSA) is 79.3 Å². The van der Waals surface area contributed by atoms with Gasteiger partial charge in [-0.3, -0.25) is 0 Å². The van der Waals surface area contributed by atoms with E-state index in [1.165, 1.54) is 0 Å². The zero-order valence-corrected chi connectivity index (χ0v) is 13.0. The maximum atomic E-state index is 12.1. The normalized spacial score (nSPS) is 24.6. The summed E-state index contributed by atoms with van der Waals surface area (Å²) in [5.74, 6) is 0.197. The van der Waals surface area contributed by atoms with Crippen LogP contribution in [0.5, 0.6) is 0 Å². The number of hydrogen-bond donors (Lipinski definition) is 2. The molecule has 19 heavy (non-hydrogen) atoms. The first kappa shape index (κ1) is 15.2. The maximum absolute atomic E-state index is 12.1. The molecule has 1 aromatic heterocycles. The van der Waals surface area contributed by atoms with Crippen molar-refractivity contribution in [1.29, 1.82) is 0 Å². The number of aryl methyl sites for hydroxylation is 1. The van der Waals surface area contributed by atoms with Gasteiger partial charge < -0.3 is 5.11 Å². The third kappa shape index (κ3) is 3.88. The predicted molar refractivity (Wildman–Crippen MR) is 75.0 cm³/mol. The Bertz CT molecular complexity index is 544. The first-order chi connectivity index (χ1) is 8.88. The van der Waals surface area contributed by atoms with Gasteiger partial charge in [-0.25, -0.2) is 18.1 Å². The van der Waals surface area contributed by atoms with Gasteiger partial charge in [0.2, 0.25) is 0 Å². The second-order valence-corrected chi connectivity index (χ2v) is 8.42. The van der Waals surface area contributed by atoms with Gasteiger partial charge >= 0.3 is 0 Å². The Hall–Kier alpha value is -0.210. The number of thiazole rings is 1. The molecule has 0 amide bonds. The number of hydrogen-bond acceptors (Lipinski definition) is 5. The molecule has 2 rings (SSSR count). The van der Waals surface area contributed by atoms with Gasteiger partial charge in [-0.1, -0.05) is 29.4 Å². The van der Waals surface area contributed by atoms with E-state index in [0.717, 1.165) is 30.6 Å². The zero-order valence-electron chi connectivity index (χ0n) is 10.6. The molecule has 1 aromatic rings. The number of nitrogens with one attached hydrogen (secondary N) is 1. The summed E-state index contributed by atoms with van der Waals surface area (Å²) in [6.45, 7) is 1.98. The van der Waals surface area contributed by atoms with Crippen LogP contribution in [-0.4, -0.2) is 31.2 Å². The predicted octanol–water partition coefficient (Wildman–Crippen LogP) is 1.93. The average Bonchev–Trinajstić information content (AvgIpc) is 2.67. The fourth-order valence-corrected chi connectivity index (χ4v) is 5.24. The van der Waals surface area contributed by atoms with E-state index < -0.39 is 10.0 Å². The van der Waals surface area contributed by atoms with Crippen molar-refractivity contribution in [2.24, 2.45) is 5.92 Å². The summed E-state index contributed by atoms with van der Waals surface area (Å²) < 4.78 is 27.3. The van der Waals surface area contributed by atoms with Crippen LogP contribution < -0.4 is 4.72 Å². The Labute approximate surface area is 122 Å². The van der Waals surface area contributed by atoms with Crippen LogP contribution in [0.2, 0.25) is 4.47 Å². The highest BCUT2D eigenvalue weighted by atomic mass is 35.5. The highest BCUT2D eigenvalue weighted by molar-refractivity contribution is 7.91. The average molecular weight is 325 g/mol. The molecule has 2 atom stereocenters. The quantitative estimate of drug-likeness (QED) is 0.887. The van der Waals surface area contributed by atoms with E-state index in [-0.39, 0.29) is 20.7 Å². The largest absolute Gasteiger partial charge is 0.393 e. The summed E-state index contributed by atoms with van der Waals surface area (Å²) in [7, 11) is -3.55. The summed E-state index contributed by atoms with van der Waals surface area (Å²) in [6.07, 6.45) is 3.06. The lowest BCUT2D eigenvalue weighted by atomic mass is 9.87. The zero-order chi connectivity index (χ0) is 14.0. The van der Waals surface area contributed by atoms with Crippen molar-refractivity contribution in [2.45, 2.75) is 42.9 Å². The van der Waals surface area contributed by atoms with E-state index in [4.69, 9.17) is 11.6 Å². The Morgan fingerprint density at radius 2 is 2.26 bits per heavy atom. The molecule has 2 N–H and O–H groups in total. The standard InChI is InChI=1S/C11H17ClN2O3S2/c1-7-10(18-11(12)14-7)19(16,17)13-6-8-3-2-4-9(15)5-8/h8-9,13,15H,2-6H2,1H3. The monoisotopic (exact) mass is 324 g/mol. The molecule has 1 fully saturated rings. The molecule has 0 aliphatic heterocycles. The molecule has 2 unspecified atom stereocenters. The lowest BCUT2D eigenvalue weighted by Gasteiger charge is -2.25. The van der Waals surface area contributed by atoms with Crippen LogP contribution in [0.3, 0.4) is 0 Å². The van der Waals surface area contributed by atoms with Crippen molar-refractivity contribution in [2.75, 3.05) is 6.54 Å². The van der Waals surface area contributed by atoms with Gasteiger partial charge in [-0.05, 0) is 32.1 Å². The molecule has 1 aliphatic rings. The Morgan fingerprint density at radius 3 is 2.84 bits per heavy atom. The molecule has 1 saturated carbocycles. The highest BCUT2D eigenvalue weighted by Gasteiger charge is 2.25. The van der Waals surface area contributed by atoms with Crippen molar-refractivity contribution in [3.05, 3.63) is 10.2 Å². The molecule has 8 heteroatoms. The van der Waals surface area contributed by atoms with Gasteiger partial charge in [0.25, 0.3) is 10.0 Å². The van der Waals surface area contributed by atoms with E-state index in [1.807, 2.05) is 0 Å². The summed E-state index contributed by atoms with van der Waals surface area (Å²) in [5.41, 5.74) is 0.422. The molecule has 0 saturated heterocycles. The minimum Gasteiger partial charge on any atom is -0.393 e. The van der Waals surface area contributed by atoms with Gasteiger partial charge in [0, 0.05) is 6.54 Å². The first-order valence-corrected chi connectivity index (χ1v) is 8.87. The smallest absolute Gasteiger partial charge is 0.251 e. The van der Waals surface area contributed by atoms with E-state index in [9.17, 15) is 13.5 Å². The number of aliphatic hydroxyl groups is 1. The van der Waals surface area contributed by atoms with Crippen molar-refractivity contribution in [1.82, 2.24) is 9.71 Å². The van der Waals surface area contributed by atoms with Crippen LogP contribution >= 0.6 is 22.9 Å². The Morgan fingerprint density at radius 1 is 1.53 bits per heavy atom. The summed E-state index contributed by atoms with van der Waals surface area (Å²) in [5, 5.41) is 9.57. The summed E-state index contributed by atoms with van der Waals surface area (Å²) in [6, 6.07) is 0. The molecule has 1 aliphatic carbocycles. The second-order valence-electron chi connectivity index (χ2n) is 4.88. The number of sulfonamides is 1. The molecule has 1 heterocycles. The Balaban J connectivity index is 2.00. The SMILES string of the molecule is Cc1nc(Cl)sc1S(=O)(=O)NCC1CCCC(O)C1. The molecule has 108 valence electrons. The summed E-state index contributed by atoms with van der Waals surface area (Å²) >= 11 is 6.68. The molecule has 0 aromatic carbocycles. The van der Waals surface area contributed by atoms with Crippen LogP contribution in [0.4, 0.5) is 0 Å². The van der Waals surface area contributed by atoms with Crippen molar-refractivity contribution >= 4 is 33.0 Å². The number of aromatic nitrogens is 1. The third-order valence-corrected chi connectivity index (χ3v) is 6.58. The Kier molecular flexibility index (Phi) is 4.84. The van der Waals surface area contributed by atoms with E-state index in [0.29, 0.717) is 18.7 Å². The molecule has 0 bridgehead atoms. The number of aliphatic hydroxyl groups excluding tert-OH is 1. The fourth-order valence-electron chi connectivity index (χ4n) is 2.34. The molecule has 5 nitrogen and oxygen atoms in total. The lowest BCUT2D eigenvalue weighted by molar-refractivity contribution is 0.102. The van der Waals surface area contributed by atoms with Crippen LogP contribution in [0.1, 0.15) is 31.4 Å². The van der Waals surface area contributed by atoms with Gasteiger partial charge in [0.05, 0.1) is 11.8 Å². The van der Waals surface area contributed by atoms with Crippen molar-refractivity contribution < 1.29 is 13.5 Å². The number of nitrogens with zero attached hydrogens (tertiary/aromatic N) is 1. The highest BCUT2D eigenvalue weighted by Crippen LogP contribution is 2.28. The van der Waals surface area contributed by atoms with E-state index in [1.54, 1.807) is 6.92 Å². The van der Waals surface area contributed by atoms with Crippen molar-refractivity contribution in [3.63, 3.8) is 0 Å². The molecular weight excluding hydrogens is 308 g/mol. The maximum Gasteiger partial charge on any atom is 0.251 e. The molecule has 0 spiro atoms. The van der Waals surface area contributed by atoms with Crippen LogP contribution in [-0.2, 0) is 10.0 Å². The summed E-state index contributed by atoms with van der Waals surface area (Å²) in [4.78, 5) is 3.91. The lowest BCUT2D eigenvalue weighted by Crippen LogP contribution is -2.32. The van der Waals surface area contributed by atoms with Crippen LogP contribution in [0.15, 0.2) is 4.21 Å². The van der Waals surface area contributed by atoms with E-state index >= 15 is 0 Å². The minimum atomic E-state index is -3.55.